The van der Waals surface area contributed by atoms with E-state index in [4.69, 9.17) is 27.2 Å². The van der Waals surface area contributed by atoms with Gasteiger partial charge >= 0.3 is 0 Å². The normalized spacial score (nSPS) is 13.2. The van der Waals surface area contributed by atoms with Crippen molar-refractivity contribution in [3.05, 3.63) is 82.9 Å². The molecule has 0 fully saturated rings. The predicted molar refractivity (Wildman–Crippen MR) is 154 cm³/mol. The van der Waals surface area contributed by atoms with Gasteiger partial charge in [0.2, 0.25) is 5.96 Å². The summed E-state index contributed by atoms with van der Waals surface area (Å²) < 4.78 is 9.27. The van der Waals surface area contributed by atoms with Crippen LogP contribution in [0.3, 0.4) is 0 Å². The Bertz CT molecular complexity index is 1130. The zero-order chi connectivity index (χ0) is 26.6. The van der Waals surface area contributed by atoms with Crippen molar-refractivity contribution >= 4 is 35.2 Å². The van der Waals surface area contributed by atoms with Gasteiger partial charge in [0.25, 0.3) is 0 Å². The molecule has 3 aromatic carbocycles. The lowest BCUT2D eigenvalue weighted by molar-refractivity contribution is 0.102. The lowest BCUT2D eigenvalue weighted by atomic mass is 10.1. The van der Waals surface area contributed by atoms with Crippen LogP contribution in [0, 0.1) is 0 Å². The number of hydrogen-bond donors (Lipinski definition) is 4. The molecule has 5 N–H and O–H groups in total. The van der Waals surface area contributed by atoms with Crippen LogP contribution < -0.4 is 20.5 Å². The summed E-state index contributed by atoms with van der Waals surface area (Å²) in [6.07, 6.45) is 1.25. The molecule has 1 heterocycles. The maximum Gasteiger partial charge on any atom is 0.206 e. The number of anilines is 1. The molecule has 0 unspecified atom stereocenters. The summed E-state index contributed by atoms with van der Waals surface area (Å²) in [6.45, 7) is 10.5. The topological polar surface area (TPSA) is 91.9 Å². The number of halogens is 1. The van der Waals surface area contributed by atoms with Crippen LogP contribution in [0.4, 0.5) is 5.69 Å². The van der Waals surface area contributed by atoms with E-state index in [-0.39, 0.29) is 0 Å². The highest BCUT2D eigenvalue weighted by Gasteiger charge is 2.19. The van der Waals surface area contributed by atoms with Crippen LogP contribution in [0.2, 0.25) is 5.02 Å². The first-order valence-corrected chi connectivity index (χ1v) is 13.1. The van der Waals surface area contributed by atoms with Crippen molar-refractivity contribution in [1.82, 2.24) is 4.72 Å². The quantitative estimate of drug-likeness (QED) is 0.258. The van der Waals surface area contributed by atoms with Gasteiger partial charge in [-0.15, -0.1) is 0 Å². The van der Waals surface area contributed by atoms with Crippen LogP contribution in [0.1, 0.15) is 52.2 Å². The minimum absolute atomic E-state index is 0.500. The first-order valence-electron chi connectivity index (χ1n) is 11.9. The molecular formula is C28H37ClN4O2S. The second kappa shape index (κ2) is 14.8. The molecule has 1 aliphatic heterocycles. The highest BCUT2D eigenvalue weighted by molar-refractivity contribution is 7.98. The summed E-state index contributed by atoms with van der Waals surface area (Å²) in [6, 6.07) is 21.4. The van der Waals surface area contributed by atoms with Crippen LogP contribution in [-0.4, -0.2) is 16.7 Å². The van der Waals surface area contributed by atoms with Gasteiger partial charge in [0.05, 0.1) is 27.8 Å². The predicted octanol–water partition coefficient (Wildman–Crippen LogP) is 7.36. The molecule has 0 aromatic heterocycles. The van der Waals surface area contributed by atoms with Crippen LogP contribution >= 0.6 is 23.5 Å². The average Bonchev–Trinajstić information content (AvgIpc) is 2.84. The van der Waals surface area contributed by atoms with E-state index in [2.05, 4.69) is 34.9 Å². The van der Waals surface area contributed by atoms with Gasteiger partial charge in [-0.3, -0.25) is 4.72 Å². The smallest absolute Gasteiger partial charge is 0.206 e. The Morgan fingerprint density at radius 1 is 0.972 bits per heavy atom. The number of nitrogens with one attached hydrogen (secondary N) is 2. The number of ether oxygens (including phenoxy) is 1. The minimum atomic E-state index is -0.500. The first kappa shape index (κ1) is 29.5. The van der Waals surface area contributed by atoms with Crippen LogP contribution in [-0.2, 0) is 13.1 Å². The molecule has 0 saturated heterocycles. The van der Waals surface area contributed by atoms with Gasteiger partial charge in [-0.05, 0) is 68.1 Å². The number of nitrogens with zero attached hydrogens (tertiary/aromatic N) is 1. The van der Waals surface area contributed by atoms with Crippen molar-refractivity contribution in [3.8, 4) is 11.5 Å². The number of aliphatic hydroxyl groups is 1. The molecule has 0 aliphatic carbocycles. The Hall–Kier alpha value is -2.71. The number of para-hydroxylation sites is 2. The molecule has 0 bridgehead atoms. The third-order valence-corrected chi connectivity index (χ3v) is 5.36. The second-order valence-corrected chi connectivity index (χ2v) is 10.3. The molecular weight excluding hydrogens is 492 g/mol. The van der Waals surface area contributed by atoms with Gasteiger partial charge in [-0.1, -0.05) is 74.3 Å². The number of hydrogen-bond acceptors (Lipinski definition) is 5. The Morgan fingerprint density at radius 3 is 2.25 bits per heavy atom. The van der Waals surface area contributed by atoms with Crippen molar-refractivity contribution in [1.29, 1.82) is 0 Å². The first-order chi connectivity index (χ1) is 17.1. The van der Waals surface area contributed by atoms with E-state index in [9.17, 15) is 0 Å². The van der Waals surface area contributed by atoms with Crippen molar-refractivity contribution < 1.29 is 9.84 Å². The fraction of sp³-hybridized carbons (Fsp3) is 0.321. The van der Waals surface area contributed by atoms with Crippen LogP contribution in [0.25, 0.3) is 0 Å². The Labute approximate surface area is 224 Å². The maximum absolute atomic E-state index is 8.52. The molecule has 0 spiro atoms. The SMILES string of the molecule is CC(C)(C)O.CCC.NCc1cccc(CN=C2NSc3cccc(Oc4ccccc4Cl)c3N2)c1. The molecule has 3 aromatic rings. The third kappa shape index (κ3) is 10.5. The summed E-state index contributed by atoms with van der Waals surface area (Å²) in [4.78, 5) is 5.67. The van der Waals surface area contributed by atoms with E-state index in [0.29, 0.717) is 35.6 Å². The van der Waals surface area contributed by atoms with Gasteiger partial charge in [0, 0.05) is 6.54 Å². The minimum Gasteiger partial charge on any atom is -0.454 e. The molecule has 0 saturated carbocycles. The van der Waals surface area contributed by atoms with Crippen LogP contribution in [0.5, 0.6) is 11.5 Å². The molecule has 194 valence electrons. The van der Waals surface area contributed by atoms with Crippen molar-refractivity contribution in [2.75, 3.05) is 5.32 Å². The van der Waals surface area contributed by atoms with E-state index in [1.807, 2.05) is 54.6 Å². The number of guanidine groups is 1. The van der Waals surface area contributed by atoms with Gasteiger partial charge in [0.1, 0.15) is 5.75 Å². The summed E-state index contributed by atoms with van der Waals surface area (Å²) in [7, 11) is 0. The summed E-state index contributed by atoms with van der Waals surface area (Å²) in [5.41, 5.74) is 8.28. The molecule has 0 radical (unpaired) electrons. The zero-order valence-electron chi connectivity index (χ0n) is 21.6. The van der Waals surface area contributed by atoms with E-state index in [1.54, 1.807) is 26.8 Å². The summed E-state index contributed by atoms with van der Waals surface area (Å²) in [5.74, 6) is 1.98. The highest BCUT2D eigenvalue weighted by Crippen LogP contribution is 2.40. The zero-order valence-corrected chi connectivity index (χ0v) is 23.2. The molecule has 1 aliphatic rings. The number of benzene rings is 3. The molecule has 6 nitrogen and oxygen atoms in total. The molecule has 8 heteroatoms. The van der Waals surface area contributed by atoms with E-state index >= 15 is 0 Å². The fourth-order valence-corrected chi connectivity index (χ4v) is 3.69. The lowest BCUT2D eigenvalue weighted by Gasteiger charge is -2.23. The van der Waals surface area contributed by atoms with Gasteiger partial charge in [-0.2, -0.15) is 0 Å². The molecule has 36 heavy (non-hydrogen) atoms. The second-order valence-electron chi connectivity index (χ2n) is 9.06. The highest BCUT2D eigenvalue weighted by atomic mass is 35.5. The van der Waals surface area contributed by atoms with Crippen LogP contribution in [0.15, 0.2) is 76.6 Å². The Morgan fingerprint density at radius 2 is 1.58 bits per heavy atom. The average molecular weight is 529 g/mol. The Kier molecular flexibility index (Phi) is 12.1. The van der Waals surface area contributed by atoms with Gasteiger partial charge in [0.15, 0.2) is 5.75 Å². The third-order valence-electron chi connectivity index (χ3n) is 4.19. The van der Waals surface area contributed by atoms with Crippen molar-refractivity contribution in [3.63, 3.8) is 0 Å². The molecule has 0 atom stereocenters. The molecule has 4 rings (SSSR count). The summed E-state index contributed by atoms with van der Waals surface area (Å²) in [5, 5.41) is 12.4. The number of aliphatic imine (C=N–C) groups is 1. The largest absolute Gasteiger partial charge is 0.454 e. The molecule has 0 amide bonds. The Balaban J connectivity index is 0.000000501. The van der Waals surface area contributed by atoms with E-state index in [0.717, 1.165) is 21.7 Å². The van der Waals surface area contributed by atoms with Crippen molar-refractivity contribution in [2.24, 2.45) is 10.7 Å². The number of rotatable bonds is 5. The number of nitrogens with two attached hydrogens (primary N) is 1. The fourth-order valence-electron chi connectivity index (χ4n) is 2.79. The van der Waals surface area contributed by atoms with Gasteiger partial charge < -0.3 is 20.9 Å². The standard InChI is InChI=1S/C21H19ClN4OS.C4H10O.C3H8/c22-16-7-1-2-8-17(16)27-18-9-4-10-19-20(18)25-21(26-28-19)24-13-15-6-3-5-14(11-15)12-23;1-4(2,3)5;1-3-2/h1-11H,12-13,23H2,(H2,24,25,26);5H,1-3H3;3H2,1-2H3. The number of fused-ring (bicyclic) bond motifs is 1. The maximum atomic E-state index is 8.52. The summed E-state index contributed by atoms with van der Waals surface area (Å²) >= 11 is 7.72. The lowest BCUT2D eigenvalue weighted by Crippen LogP contribution is -2.29. The van der Waals surface area contributed by atoms with E-state index < -0.39 is 5.60 Å². The van der Waals surface area contributed by atoms with Crippen molar-refractivity contribution in [2.45, 2.75) is 64.6 Å². The van der Waals surface area contributed by atoms with E-state index in [1.165, 1.54) is 18.4 Å². The van der Waals surface area contributed by atoms with Gasteiger partial charge in [-0.25, -0.2) is 4.99 Å². The monoisotopic (exact) mass is 528 g/mol.